The lowest BCUT2D eigenvalue weighted by Crippen LogP contribution is -2.20. The third-order valence-electron chi connectivity index (χ3n) is 2.58. The van der Waals surface area contributed by atoms with E-state index in [4.69, 9.17) is 10.3 Å². The van der Waals surface area contributed by atoms with Gasteiger partial charge in [-0.15, -0.1) is 0 Å². The topological polar surface area (TPSA) is 114 Å². The van der Waals surface area contributed by atoms with Gasteiger partial charge in [-0.1, -0.05) is 17.3 Å². The molecule has 0 unspecified atom stereocenters. The van der Waals surface area contributed by atoms with Crippen molar-refractivity contribution in [2.24, 2.45) is 5.73 Å². The maximum atomic E-state index is 11.3. The molecule has 1 aromatic carbocycles. The van der Waals surface area contributed by atoms with Crippen molar-refractivity contribution in [3.8, 4) is 5.75 Å². The lowest BCUT2D eigenvalue weighted by atomic mass is 10.1. The number of aromatic nitrogens is 2. The molecule has 4 N–H and O–H groups in total. The van der Waals surface area contributed by atoms with Crippen LogP contribution in [0.2, 0.25) is 0 Å². The summed E-state index contributed by atoms with van der Waals surface area (Å²) in [6.07, 6.45) is 0.468. The zero-order valence-electron chi connectivity index (χ0n) is 10.3. The van der Waals surface area contributed by atoms with Gasteiger partial charge in [-0.2, -0.15) is 4.98 Å². The number of benzene rings is 1. The molecule has 2 rings (SSSR count). The van der Waals surface area contributed by atoms with Crippen LogP contribution in [0.1, 0.15) is 28.1 Å². The van der Waals surface area contributed by atoms with Crippen molar-refractivity contribution in [1.82, 2.24) is 15.5 Å². The Morgan fingerprint density at radius 2 is 2.16 bits per heavy atom. The summed E-state index contributed by atoms with van der Waals surface area (Å²) in [5, 5.41) is 15.1. The minimum absolute atomic E-state index is 0.0429. The highest BCUT2D eigenvalue weighted by Crippen LogP contribution is 2.16. The highest BCUT2D eigenvalue weighted by atomic mass is 16.5. The summed E-state index contributed by atoms with van der Waals surface area (Å²) in [6.45, 7) is 0. The molecule has 2 aromatic rings. The third kappa shape index (κ3) is 3.08. The van der Waals surface area contributed by atoms with Gasteiger partial charge in [0.05, 0.1) is 6.04 Å². The fourth-order valence-electron chi connectivity index (χ4n) is 1.56. The highest BCUT2D eigenvalue weighted by Gasteiger charge is 2.18. The van der Waals surface area contributed by atoms with E-state index in [9.17, 15) is 9.90 Å². The van der Waals surface area contributed by atoms with E-state index < -0.39 is 11.9 Å². The number of rotatable bonds is 4. The number of carbonyl (C=O) groups excluding carboxylic acids is 1. The Labute approximate surface area is 109 Å². The van der Waals surface area contributed by atoms with Crippen LogP contribution in [0.25, 0.3) is 0 Å². The Hall–Kier alpha value is -2.41. The van der Waals surface area contributed by atoms with Crippen LogP contribution in [-0.4, -0.2) is 28.2 Å². The SMILES string of the molecule is CNC(=O)c1noc([C@H](N)Cc2ccc(O)cc2)n1. The molecule has 19 heavy (non-hydrogen) atoms. The van der Waals surface area contributed by atoms with Crippen molar-refractivity contribution < 1.29 is 14.4 Å². The van der Waals surface area contributed by atoms with Crippen LogP contribution in [-0.2, 0) is 6.42 Å². The maximum Gasteiger partial charge on any atom is 0.292 e. The summed E-state index contributed by atoms with van der Waals surface area (Å²) >= 11 is 0. The van der Waals surface area contributed by atoms with Crippen LogP contribution in [0.5, 0.6) is 5.75 Å². The number of carbonyl (C=O) groups is 1. The second-order valence-corrected chi connectivity index (χ2v) is 4.01. The van der Waals surface area contributed by atoms with Crippen molar-refractivity contribution in [3.05, 3.63) is 41.5 Å². The average Bonchev–Trinajstić information content (AvgIpc) is 2.90. The van der Waals surface area contributed by atoms with Crippen LogP contribution in [0.15, 0.2) is 28.8 Å². The molecule has 1 amide bonds. The molecule has 0 radical (unpaired) electrons. The monoisotopic (exact) mass is 262 g/mol. The number of aromatic hydroxyl groups is 1. The molecule has 7 nitrogen and oxygen atoms in total. The predicted molar refractivity (Wildman–Crippen MR) is 66.4 cm³/mol. The first-order valence-corrected chi connectivity index (χ1v) is 5.69. The van der Waals surface area contributed by atoms with Crippen molar-refractivity contribution in [2.75, 3.05) is 7.05 Å². The van der Waals surface area contributed by atoms with Crippen LogP contribution in [0, 0.1) is 0 Å². The summed E-state index contributed by atoms with van der Waals surface area (Å²) < 4.78 is 4.95. The van der Waals surface area contributed by atoms with Gasteiger partial charge in [0.1, 0.15) is 5.75 Å². The van der Waals surface area contributed by atoms with Gasteiger partial charge in [-0.05, 0) is 24.1 Å². The second-order valence-electron chi connectivity index (χ2n) is 4.01. The number of amides is 1. The van der Waals surface area contributed by atoms with E-state index in [1.165, 1.54) is 7.05 Å². The maximum absolute atomic E-state index is 11.3. The molecule has 1 atom stereocenters. The predicted octanol–water partition coefficient (Wildman–Crippen LogP) is 0.377. The fourth-order valence-corrected chi connectivity index (χ4v) is 1.56. The Kier molecular flexibility index (Phi) is 3.76. The van der Waals surface area contributed by atoms with Crippen molar-refractivity contribution in [2.45, 2.75) is 12.5 Å². The Balaban J connectivity index is 2.07. The molecule has 0 saturated carbocycles. The smallest absolute Gasteiger partial charge is 0.292 e. The second kappa shape index (κ2) is 5.49. The molecule has 100 valence electrons. The zero-order chi connectivity index (χ0) is 13.8. The largest absolute Gasteiger partial charge is 0.508 e. The van der Waals surface area contributed by atoms with Crippen molar-refractivity contribution in [3.63, 3.8) is 0 Å². The van der Waals surface area contributed by atoms with E-state index in [2.05, 4.69) is 15.5 Å². The number of hydrogen-bond donors (Lipinski definition) is 3. The Morgan fingerprint density at radius 3 is 2.79 bits per heavy atom. The summed E-state index contributed by atoms with van der Waals surface area (Å²) in [4.78, 5) is 15.2. The number of phenols is 1. The molecule has 0 aliphatic heterocycles. The zero-order valence-corrected chi connectivity index (χ0v) is 10.3. The van der Waals surface area contributed by atoms with Crippen molar-refractivity contribution in [1.29, 1.82) is 0 Å². The van der Waals surface area contributed by atoms with E-state index in [1.54, 1.807) is 24.3 Å². The van der Waals surface area contributed by atoms with Crippen LogP contribution >= 0.6 is 0 Å². The standard InChI is InChI=1S/C12H14N4O3/c1-14-11(18)10-15-12(19-16-10)9(13)6-7-2-4-8(17)5-3-7/h2-5,9,17H,6,13H2,1H3,(H,14,18)/t9-/m1/s1. The number of hydrogen-bond acceptors (Lipinski definition) is 6. The van der Waals surface area contributed by atoms with Gasteiger partial charge >= 0.3 is 0 Å². The highest BCUT2D eigenvalue weighted by molar-refractivity contribution is 5.89. The summed E-state index contributed by atoms with van der Waals surface area (Å²) in [5.74, 6) is -0.0748. The van der Waals surface area contributed by atoms with Gasteiger partial charge in [-0.3, -0.25) is 4.79 Å². The molecule has 1 aromatic heterocycles. The first-order chi connectivity index (χ1) is 9.10. The minimum Gasteiger partial charge on any atom is -0.508 e. The van der Waals surface area contributed by atoms with Gasteiger partial charge in [-0.25, -0.2) is 0 Å². The minimum atomic E-state index is -0.504. The van der Waals surface area contributed by atoms with E-state index in [0.717, 1.165) is 5.56 Å². The quantitative estimate of drug-likeness (QED) is 0.733. The van der Waals surface area contributed by atoms with Gasteiger partial charge in [0, 0.05) is 7.05 Å². The average molecular weight is 262 g/mol. The van der Waals surface area contributed by atoms with E-state index >= 15 is 0 Å². The van der Waals surface area contributed by atoms with Crippen molar-refractivity contribution >= 4 is 5.91 Å². The normalized spacial score (nSPS) is 12.1. The van der Waals surface area contributed by atoms with Gasteiger partial charge < -0.3 is 20.7 Å². The van der Waals surface area contributed by atoms with E-state index in [-0.39, 0.29) is 17.5 Å². The lowest BCUT2D eigenvalue weighted by molar-refractivity contribution is 0.0950. The number of nitrogens with zero attached hydrogens (tertiary/aromatic N) is 2. The molecule has 0 aliphatic rings. The van der Waals surface area contributed by atoms with Gasteiger partial charge in [0.2, 0.25) is 5.89 Å². The molecule has 7 heteroatoms. The molecule has 1 heterocycles. The van der Waals surface area contributed by atoms with Gasteiger partial charge in [0.25, 0.3) is 11.7 Å². The van der Waals surface area contributed by atoms with E-state index in [1.807, 2.05) is 0 Å². The Bertz CT molecular complexity index is 565. The number of phenolic OH excluding ortho intramolecular Hbond substituents is 1. The molecule has 0 spiro atoms. The summed E-state index contributed by atoms with van der Waals surface area (Å²) in [6, 6.07) is 6.16. The molecule has 0 fully saturated rings. The molecular weight excluding hydrogens is 248 g/mol. The van der Waals surface area contributed by atoms with Crippen LogP contribution in [0.4, 0.5) is 0 Å². The molecule has 0 aliphatic carbocycles. The summed E-state index contributed by atoms with van der Waals surface area (Å²) in [7, 11) is 1.48. The molecular formula is C12H14N4O3. The van der Waals surface area contributed by atoms with Crippen LogP contribution < -0.4 is 11.1 Å². The van der Waals surface area contributed by atoms with E-state index in [0.29, 0.717) is 6.42 Å². The van der Waals surface area contributed by atoms with Crippen LogP contribution in [0.3, 0.4) is 0 Å². The molecule has 0 saturated heterocycles. The summed E-state index contributed by atoms with van der Waals surface area (Å²) in [5.41, 5.74) is 6.85. The lowest BCUT2D eigenvalue weighted by Gasteiger charge is -2.06. The molecule has 0 bridgehead atoms. The third-order valence-corrected chi connectivity index (χ3v) is 2.58. The number of nitrogens with one attached hydrogen (secondary N) is 1. The van der Waals surface area contributed by atoms with Gasteiger partial charge in [0.15, 0.2) is 0 Å². The fraction of sp³-hybridized carbons (Fsp3) is 0.250. The Morgan fingerprint density at radius 1 is 1.47 bits per heavy atom. The first kappa shape index (κ1) is 13.0. The number of nitrogens with two attached hydrogens (primary N) is 1. The first-order valence-electron chi connectivity index (χ1n) is 5.69.